The first-order valence-corrected chi connectivity index (χ1v) is 3.42. The molecule has 0 aliphatic heterocycles. The first-order chi connectivity index (χ1) is 5.38. The summed E-state index contributed by atoms with van der Waals surface area (Å²) in [6, 6.07) is 5.56. The molecule has 0 atom stereocenters. The van der Waals surface area contributed by atoms with Crippen LogP contribution < -0.4 is 5.73 Å². The maximum atomic E-state index is 8.61. The van der Waals surface area contributed by atoms with Crippen molar-refractivity contribution >= 4 is 0 Å². The van der Waals surface area contributed by atoms with Gasteiger partial charge in [0.05, 0.1) is 11.3 Å². The van der Waals surface area contributed by atoms with E-state index in [1.807, 2.05) is 0 Å². The third-order valence-electron chi connectivity index (χ3n) is 1.39. The Morgan fingerprint density at radius 3 is 3.09 bits per heavy atom. The van der Waals surface area contributed by atoms with Gasteiger partial charge in [0.1, 0.15) is 6.07 Å². The van der Waals surface area contributed by atoms with Crippen LogP contribution in [0, 0.1) is 11.3 Å². The van der Waals surface area contributed by atoms with Gasteiger partial charge in [-0.2, -0.15) is 5.26 Å². The lowest BCUT2D eigenvalue weighted by atomic mass is 10.1. The monoisotopic (exact) mass is 147 g/mol. The Balaban J connectivity index is 2.95. The first-order valence-electron chi connectivity index (χ1n) is 3.42. The van der Waals surface area contributed by atoms with Crippen molar-refractivity contribution in [3.63, 3.8) is 0 Å². The molecule has 0 aliphatic carbocycles. The summed E-state index contributed by atoms with van der Waals surface area (Å²) in [5.74, 6) is 0. The largest absolute Gasteiger partial charge is 0.330 e. The molecule has 11 heavy (non-hydrogen) atoms. The molecule has 0 amide bonds. The molecule has 1 heterocycles. The molecule has 3 nitrogen and oxygen atoms in total. The maximum Gasteiger partial charge on any atom is 0.101 e. The summed E-state index contributed by atoms with van der Waals surface area (Å²) in [7, 11) is 0. The lowest BCUT2D eigenvalue weighted by molar-refractivity contribution is 0.918. The van der Waals surface area contributed by atoms with E-state index >= 15 is 0 Å². The van der Waals surface area contributed by atoms with Crippen LogP contribution in [0.15, 0.2) is 18.3 Å². The fourth-order valence-corrected chi connectivity index (χ4v) is 0.876. The lowest BCUT2D eigenvalue weighted by Gasteiger charge is -1.97. The van der Waals surface area contributed by atoms with E-state index in [0.717, 1.165) is 5.69 Å². The number of nitrogens with two attached hydrogens (primary N) is 1. The van der Waals surface area contributed by atoms with Gasteiger partial charge in [-0.1, -0.05) is 0 Å². The van der Waals surface area contributed by atoms with Crippen LogP contribution in [-0.2, 0) is 6.42 Å². The molecular formula is C8H9N3. The van der Waals surface area contributed by atoms with Crippen LogP contribution in [0.5, 0.6) is 0 Å². The normalized spacial score (nSPS) is 9.09. The van der Waals surface area contributed by atoms with E-state index in [0.29, 0.717) is 18.5 Å². The van der Waals surface area contributed by atoms with Crippen LogP contribution in [0.3, 0.4) is 0 Å². The summed E-state index contributed by atoms with van der Waals surface area (Å²) in [4.78, 5) is 4.04. The zero-order valence-corrected chi connectivity index (χ0v) is 6.12. The molecule has 0 spiro atoms. The van der Waals surface area contributed by atoms with E-state index in [9.17, 15) is 0 Å². The average molecular weight is 147 g/mol. The molecule has 1 aromatic rings. The van der Waals surface area contributed by atoms with Crippen molar-refractivity contribution in [3.8, 4) is 6.07 Å². The van der Waals surface area contributed by atoms with Crippen LogP contribution in [0.1, 0.15) is 11.3 Å². The minimum Gasteiger partial charge on any atom is -0.330 e. The smallest absolute Gasteiger partial charge is 0.101 e. The standard InChI is InChI=1S/C8H9N3/c9-4-3-8-7(6-10)2-1-5-11-8/h1-2,5H,3-4,9H2. The molecule has 56 valence electrons. The Morgan fingerprint density at radius 2 is 2.45 bits per heavy atom. The van der Waals surface area contributed by atoms with Crippen LogP contribution in [0.25, 0.3) is 0 Å². The lowest BCUT2D eigenvalue weighted by Crippen LogP contribution is -2.05. The quantitative estimate of drug-likeness (QED) is 0.660. The number of pyridine rings is 1. The minimum atomic E-state index is 0.533. The number of nitriles is 1. The van der Waals surface area contributed by atoms with Crippen molar-refractivity contribution in [2.24, 2.45) is 5.73 Å². The van der Waals surface area contributed by atoms with Gasteiger partial charge in [-0.25, -0.2) is 0 Å². The van der Waals surface area contributed by atoms with E-state index in [2.05, 4.69) is 11.1 Å². The molecule has 0 aromatic carbocycles. The van der Waals surface area contributed by atoms with E-state index in [1.165, 1.54) is 0 Å². The minimum absolute atomic E-state index is 0.533. The number of rotatable bonds is 2. The third kappa shape index (κ3) is 1.76. The second kappa shape index (κ2) is 3.69. The van der Waals surface area contributed by atoms with Gasteiger partial charge < -0.3 is 5.73 Å². The van der Waals surface area contributed by atoms with Gasteiger partial charge in [0.15, 0.2) is 0 Å². The van der Waals surface area contributed by atoms with E-state index < -0.39 is 0 Å². The number of nitrogens with zero attached hydrogens (tertiary/aromatic N) is 2. The van der Waals surface area contributed by atoms with E-state index in [1.54, 1.807) is 18.3 Å². The molecule has 2 N–H and O–H groups in total. The second-order valence-corrected chi connectivity index (χ2v) is 2.15. The van der Waals surface area contributed by atoms with Crippen LogP contribution >= 0.6 is 0 Å². The van der Waals surface area contributed by atoms with Gasteiger partial charge in [-0.15, -0.1) is 0 Å². The van der Waals surface area contributed by atoms with Crippen molar-refractivity contribution in [2.45, 2.75) is 6.42 Å². The van der Waals surface area contributed by atoms with Crippen LogP contribution in [0.2, 0.25) is 0 Å². The van der Waals surface area contributed by atoms with Crippen molar-refractivity contribution in [2.75, 3.05) is 6.54 Å². The summed E-state index contributed by atoms with van der Waals surface area (Å²) in [6.07, 6.45) is 2.34. The van der Waals surface area contributed by atoms with E-state index in [-0.39, 0.29) is 0 Å². The molecule has 0 aliphatic rings. The van der Waals surface area contributed by atoms with Crippen molar-refractivity contribution < 1.29 is 0 Å². The molecule has 0 unspecified atom stereocenters. The topological polar surface area (TPSA) is 62.7 Å². The van der Waals surface area contributed by atoms with Gasteiger partial charge in [0.2, 0.25) is 0 Å². The highest BCUT2D eigenvalue weighted by Gasteiger charge is 1.98. The highest BCUT2D eigenvalue weighted by Crippen LogP contribution is 2.02. The Morgan fingerprint density at radius 1 is 1.64 bits per heavy atom. The maximum absolute atomic E-state index is 8.61. The molecule has 3 heteroatoms. The van der Waals surface area contributed by atoms with Crippen molar-refractivity contribution in [3.05, 3.63) is 29.6 Å². The van der Waals surface area contributed by atoms with E-state index in [4.69, 9.17) is 11.0 Å². The van der Waals surface area contributed by atoms with Gasteiger partial charge in [-0.3, -0.25) is 4.98 Å². The zero-order chi connectivity index (χ0) is 8.10. The Kier molecular flexibility index (Phi) is 2.59. The molecule has 0 radical (unpaired) electrons. The average Bonchev–Trinajstić information content (AvgIpc) is 2.06. The summed E-state index contributed by atoms with van der Waals surface area (Å²) < 4.78 is 0. The SMILES string of the molecule is N#Cc1cccnc1CCN. The predicted octanol–water partition coefficient (Wildman–Crippen LogP) is 0.454. The summed E-state index contributed by atoms with van der Waals surface area (Å²) in [5.41, 5.74) is 6.75. The Labute approximate surface area is 65.5 Å². The zero-order valence-electron chi connectivity index (χ0n) is 6.12. The van der Waals surface area contributed by atoms with Gasteiger partial charge in [0.25, 0.3) is 0 Å². The molecule has 0 fully saturated rings. The summed E-state index contributed by atoms with van der Waals surface area (Å²) in [6.45, 7) is 0.533. The van der Waals surface area contributed by atoms with Crippen molar-refractivity contribution in [1.82, 2.24) is 4.98 Å². The van der Waals surface area contributed by atoms with Crippen LogP contribution in [0.4, 0.5) is 0 Å². The molecule has 0 saturated heterocycles. The van der Waals surface area contributed by atoms with Gasteiger partial charge in [0, 0.05) is 12.6 Å². The molecule has 1 aromatic heterocycles. The Hall–Kier alpha value is -1.40. The summed E-state index contributed by atoms with van der Waals surface area (Å²) in [5, 5.41) is 8.61. The first kappa shape index (κ1) is 7.70. The summed E-state index contributed by atoms with van der Waals surface area (Å²) >= 11 is 0. The second-order valence-electron chi connectivity index (χ2n) is 2.15. The molecule has 0 saturated carbocycles. The van der Waals surface area contributed by atoms with Gasteiger partial charge in [-0.05, 0) is 18.7 Å². The predicted molar refractivity (Wildman–Crippen MR) is 41.7 cm³/mol. The number of hydrogen-bond acceptors (Lipinski definition) is 3. The highest BCUT2D eigenvalue weighted by molar-refractivity contribution is 5.32. The van der Waals surface area contributed by atoms with Crippen molar-refractivity contribution in [1.29, 1.82) is 5.26 Å². The molecular weight excluding hydrogens is 138 g/mol. The number of aromatic nitrogens is 1. The number of hydrogen-bond donors (Lipinski definition) is 1. The fraction of sp³-hybridized carbons (Fsp3) is 0.250. The molecule has 1 rings (SSSR count). The molecule has 0 bridgehead atoms. The van der Waals surface area contributed by atoms with Gasteiger partial charge >= 0.3 is 0 Å². The highest BCUT2D eigenvalue weighted by atomic mass is 14.7. The van der Waals surface area contributed by atoms with Crippen LogP contribution in [-0.4, -0.2) is 11.5 Å². The Bertz CT molecular complexity index is 275. The third-order valence-corrected chi connectivity index (χ3v) is 1.39. The fourth-order valence-electron chi connectivity index (χ4n) is 0.876.